The van der Waals surface area contributed by atoms with E-state index in [1.807, 2.05) is 0 Å². The maximum absolute atomic E-state index is 11.3. The molecule has 6 nitrogen and oxygen atoms in total. The predicted molar refractivity (Wildman–Crippen MR) is 41.5 cm³/mol. The molecule has 2 aromatic heterocycles. The maximum Gasteiger partial charge on any atom is 0.296 e. The highest BCUT2D eigenvalue weighted by Gasteiger charge is 2.08. The topological polar surface area (TPSA) is 65.6 Å². The van der Waals surface area contributed by atoms with Crippen molar-refractivity contribution < 1.29 is 0 Å². The highest BCUT2D eigenvalue weighted by molar-refractivity contribution is 5.67. The van der Waals surface area contributed by atoms with Crippen LogP contribution in [0.5, 0.6) is 0 Å². The molecule has 0 N–H and O–H groups in total. The molecule has 0 aromatic carbocycles. The minimum absolute atomic E-state index is 0.173. The molecule has 2 heterocycles. The molecule has 0 radical (unpaired) electrons. The van der Waals surface area contributed by atoms with Gasteiger partial charge >= 0.3 is 0 Å². The summed E-state index contributed by atoms with van der Waals surface area (Å²) in [4.78, 5) is 15.3. The second-order valence-electron chi connectivity index (χ2n) is 2.48. The third-order valence-corrected chi connectivity index (χ3v) is 1.85. The molecule has 0 aliphatic carbocycles. The van der Waals surface area contributed by atoms with Crippen LogP contribution in [0.1, 0.15) is 0 Å². The number of rotatable bonds is 0. The third-order valence-electron chi connectivity index (χ3n) is 1.85. The number of aromatic nitrogens is 5. The molecular formula is C6H7N5O. The van der Waals surface area contributed by atoms with Crippen molar-refractivity contribution in [2.24, 2.45) is 14.1 Å². The fourth-order valence-electron chi connectivity index (χ4n) is 1.08. The summed E-state index contributed by atoms with van der Waals surface area (Å²) in [5.41, 5.74) is 0.688. The largest absolute Gasteiger partial charge is 0.296 e. The molecule has 62 valence electrons. The average molecular weight is 165 g/mol. The minimum Gasteiger partial charge on any atom is -0.267 e. The van der Waals surface area contributed by atoms with Crippen LogP contribution in [0.4, 0.5) is 0 Å². The highest BCUT2D eigenvalue weighted by atomic mass is 16.1. The fourth-order valence-corrected chi connectivity index (χ4v) is 1.08. The number of fused-ring (bicyclic) bond motifs is 1. The Balaban J connectivity index is 3.09. The first-order valence-electron chi connectivity index (χ1n) is 3.41. The Morgan fingerprint density at radius 3 is 2.75 bits per heavy atom. The van der Waals surface area contributed by atoms with Gasteiger partial charge in [-0.05, 0) is 0 Å². The number of hydrogen-bond donors (Lipinski definition) is 0. The molecule has 0 unspecified atom stereocenters. The van der Waals surface area contributed by atoms with Crippen LogP contribution in [0.3, 0.4) is 0 Å². The summed E-state index contributed by atoms with van der Waals surface area (Å²) in [7, 11) is 3.41. The molecular weight excluding hydrogens is 158 g/mol. The lowest BCUT2D eigenvalue weighted by Crippen LogP contribution is -2.16. The van der Waals surface area contributed by atoms with Gasteiger partial charge in [0.1, 0.15) is 6.33 Å². The molecule has 2 rings (SSSR count). The lowest BCUT2D eigenvalue weighted by Gasteiger charge is -1.96. The molecule has 6 heteroatoms. The van der Waals surface area contributed by atoms with Crippen molar-refractivity contribution >= 4 is 11.2 Å². The summed E-state index contributed by atoms with van der Waals surface area (Å²) >= 11 is 0. The van der Waals surface area contributed by atoms with Gasteiger partial charge in [0.15, 0.2) is 11.2 Å². The van der Waals surface area contributed by atoms with E-state index in [9.17, 15) is 4.79 Å². The van der Waals surface area contributed by atoms with Gasteiger partial charge in [-0.25, -0.2) is 4.98 Å². The first kappa shape index (κ1) is 6.96. The molecule has 0 aliphatic rings. The average Bonchev–Trinajstić information content (AvgIpc) is 2.33. The molecule has 2 aromatic rings. The van der Waals surface area contributed by atoms with E-state index < -0.39 is 0 Å². The van der Waals surface area contributed by atoms with Crippen LogP contribution >= 0.6 is 0 Å². The van der Waals surface area contributed by atoms with E-state index in [0.29, 0.717) is 11.2 Å². The van der Waals surface area contributed by atoms with E-state index in [1.165, 1.54) is 11.0 Å². The summed E-state index contributed by atoms with van der Waals surface area (Å²) < 4.78 is 3.07. The Labute approximate surface area is 67.4 Å². The quantitative estimate of drug-likeness (QED) is 0.505. The molecule has 0 aliphatic heterocycles. The number of hydrogen-bond acceptors (Lipinski definition) is 4. The van der Waals surface area contributed by atoms with Crippen LogP contribution in [-0.4, -0.2) is 24.5 Å². The van der Waals surface area contributed by atoms with E-state index in [0.717, 1.165) is 0 Å². The second kappa shape index (κ2) is 2.13. The fraction of sp³-hybridized carbons (Fsp3) is 0.333. The Morgan fingerprint density at radius 1 is 1.33 bits per heavy atom. The number of nitrogens with zero attached hydrogens (tertiary/aromatic N) is 5. The van der Waals surface area contributed by atoms with Crippen molar-refractivity contribution in [3.05, 3.63) is 16.7 Å². The van der Waals surface area contributed by atoms with Gasteiger partial charge in [0.05, 0.1) is 0 Å². The van der Waals surface area contributed by atoms with Crippen LogP contribution in [0.15, 0.2) is 11.1 Å². The molecule has 0 amide bonds. The van der Waals surface area contributed by atoms with Crippen LogP contribution in [0.2, 0.25) is 0 Å². The molecule has 0 fully saturated rings. The minimum atomic E-state index is -0.173. The SMILES string of the molecule is Cn1c(=O)c2nncnc2n1C. The van der Waals surface area contributed by atoms with Crippen LogP contribution < -0.4 is 5.56 Å². The van der Waals surface area contributed by atoms with E-state index in [-0.39, 0.29) is 5.56 Å². The van der Waals surface area contributed by atoms with Crippen molar-refractivity contribution in [1.29, 1.82) is 0 Å². The Morgan fingerprint density at radius 2 is 2.08 bits per heavy atom. The number of aryl methyl sites for hydroxylation is 1. The van der Waals surface area contributed by atoms with Crippen molar-refractivity contribution in [3.8, 4) is 0 Å². The van der Waals surface area contributed by atoms with Gasteiger partial charge in [-0.15, -0.1) is 10.2 Å². The van der Waals surface area contributed by atoms with Gasteiger partial charge < -0.3 is 0 Å². The monoisotopic (exact) mass is 165 g/mol. The second-order valence-corrected chi connectivity index (χ2v) is 2.48. The van der Waals surface area contributed by atoms with Gasteiger partial charge in [0.2, 0.25) is 0 Å². The van der Waals surface area contributed by atoms with Crippen LogP contribution in [0.25, 0.3) is 11.2 Å². The van der Waals surface area contributed by atoms with Gasteiger partial charge in [0, 0.05) is 14.1 Å². The van der Waals surface area contributed by atoms with E-state index in [4.69, 9.17) is 0 Å². The summed E-state index contributed by atoms with van der Waals surface area (Å²) in [6.45, 7) is 0. The normalized spacial score (nSPS) is 10.8. The Hall–Kier alpha value is -1.72. The van der Waals surface area contributed by atoms with Crippen LogP contribution in [0, 0.1) is 0 Å². The molecule has 0 saturated heterocycles. The van der Waals surface area contributed by atoms with Crippen molar-refractivity contribution in [2.75, 3.05) is 0 Å². The summed E-state index contributed by atoms with van der Waals surface area (Å²) in [6, 6.07) is 0. The smallest absolute Gasteiger partial charge is 0.267 e. The van der Waals surface area contributed by atoms with Gasteiger partial charge in [-0.3, -0.25) is 14.2 Å². The zero-order valence-corrected chi connectivity index (χ0v) is 6.72. The summed E-state index contributed by atoms with van der Waals surface area (Å²) in [6.07, 6.45) is 1.32. The molecule has 0 saturated carbocycles. The third kappa shape index (κ3) is 0.687. The lowest BCUT2D eigenvalue weighted by molar-refractivity contribution is 0.591. The van der Waals surface area contributed by atoms with Gasteiger partial charge in [-0.2, -0.15) is 0 Å². The van der Waals surface area contributed by atoms with Crippen molar-refractivity contribution in [1.82, 2.24) is 24.5 Å². The molecule has 0 atom stereocenters. The highest BCUT2D eigenvalue weighted by Crippen LogP contribution is 1.98. The van der Waals surface area contributed by atoms with E-state index in [2.05, 4.69) is 15.2 Å². The molecule has 0 bridgehead atoms. The molecule has 0 spiro atoms. The molecule has 12 heavy (non-hydrogen) atoms. The summed E-state index contributed by atoms with van der Waals surface area (Å²) in [5.74, 6) is 0. The predicted octanol–water partition coefficient (Wildman–Crippen LogP) is -0.938. The first-order chi connectivity index (χ1) is 5.72. The summed E-state index contributed by atoms with van der Waals surface area (Å²) in [5, 5.41) is 7.24. The zero-order chi connectivity index (χ0) is 8.72. The standard InChI is InChI=1S/C6H7N5O/c1-10-5-4(6(12)11(10)2)9-8-3-7-5/h3H,1-2H3. The van der Waals surface area contributed by atoms with Gasteiger partial charge in [0.25, 0.3) is 5.56 Å². The van der Waals surface area contributed by atoms with Crippen molar-refractivity contribution in [2.45, 2.75) is 0 Å². The lowest BCUT2D eigenvalue weighted by atomic mass is 10.6. The van der Waals surface area contributed by atoms with Crippen LogP contribution in [-0.2, 0) is 14.1 Å². The van der Waals surface area contributed by atoms with Crippen molar-refractivity contribution in [3.63, 3.8) is 0 Å². The first-order valence-corrected chi connectivity index (χ1v) is 3.41. The van der Waals surface area contributed by atoms with E-state index in [1.54, 1.807) is 18.8 Å². The Bertz CT molecular complexity index is 482. The maximum atomic E-state index is 11.3. The van der Waals surface area contributed by atoms with E-state index >= 15 is 0 Å². The van der Waals surface area contributed by atoms with Gasteiger partial charge in [-0.1, -0.05) is 0 Å². The Kier molecular flexibility index (Phi) is 1.24. The zero-order valence-electron chi connectivity index (χ0n) is 6.72.